The van der Waals surface area contributed by atoms with Crippen molar-refractivity contribution in [1.29, 1.82) is 0 Å². The number of hydrogen-bond donors (Lipinski definition) is 5. The number of H-pyrrole nitrogens is 1. The van der Waals surface area contributed by atoms with Crippen molar-refractivity contribution in [1.82, 2.24) is 4.98 Å². The number of ether oxygens (including phenoxy) is 2. The topological polar surface area (TPSA) is 135 Å². The maximum Gasteiger partial charge on any atom is 0.247 e. The van der Waals surface area contributed by atoms with Gasteiger partial charge < -0.3 is 39.8 Å². The van der Waals surface area contributed by atoms with E-state index in [0.29, 0.717) is 26.3 Å². The lowest BCUT2D eigenvalue weighted by Crippen LogP contribution is -2.33. The Morgan fingerprint density at radius 2 is 1.38 bits per heavy atom. The number of pyridine rings is 1. The number of anilines is 1. The van der Waals surface area contributed by atoms with E-state index in [0.717, 1.165) is 16.8 Å². The molecule has 2 aromatic rings. The summed E-state index contributed by atoms with van der Waals surface area (Å²) in [5.41, 5.74) is 2.68. The van der Waals surface area contributed by atoms with Gasteiger partial charge in [0.15, 0.2) is 0 Å². The van der Waals surface area contributed by atoms with Crippen molar-refractivity contribution < 1.29 is 29.9 Å². The molecule has 9 nitrogen and oxygen atoms in total. The first-order valence-electron chi connectivity index (χ1n) is 10.5. The highest BCUT2D eigenvalue weighted by atomic mass is 16.5. The Hall–Kier alpha value is -2.53. The van der Waals surface area contributed by atoms with Crippen molar-refractivity contribution in [3.63, 3.8) is 0 Å². The number of aliphatic hydroxyl groups is 4. The number of nitrogens with zero attached hydrogens (tertiary/aromatic N) is 1. The molecule has 1 aromatic heterocycles. The molecule has 0 spiro atoms. The van der Waals surface area contributed by atoms with Crippen LogP contribution < -0.4 is 10.5 Å². The third-order valence-electron chi connectivity index (χ3n) is 4.59. The molecule has 2 unspecified atom stereocenters. The summed E-state index contributed by atoms with van der Waals surface area (Å²) in [5.74, 6) is 0. The zero-order valence-corrected chi connectivity index (χ0v) is 18.0. The summed E-state index contributed by atoms with van der Waals surface area (Å²) >= 11 is 0. The van der Waals surface area contributed by atoms with E-state index in [4.69, 9.17) is 19.7 Å². The summed E-state index contributed by atoms with van der Waals surface area (Å²) in [4.78, 5) is 15.8. The molecular weight excluding hydrogens is 416 g/mol. The summed E-state index contributed by atoms with van der Waals surface area (Å²) < 4.78 is 10.8. The highest BCUT2D eigenvalue weighted by Crippen LogP contribution is 2.17. The van der Waals surface area contributed by atoms with Crippen LogP contribution in [0.15, 0.2) is 47.4 Å². The molecule has 9 heteroatoms. The average molecular weight is 449 g/mol. The smallest absolute Gasteiger partial charge is 0.247 e. The monoisotopic (exact) mass is 448 g/mol. The van der Waals surface area contributed by atoms with E-state index in [1.165, 1.54) is 6.07 Å². The van der Waals surface area contributed by atoms with Crippen LogP contribution in [0, 0.1) is 0 Å². The van der Waals surface area contributed by atoms with Crippen LogP contribution in [0.25, 0.3) is 12.2 Å². The Morgan fingerprint density at radius 3 is 1.88 bits per heavy atom. The van der Waals surface area contributed by atoms with Crippen molar-refractivity contribution >= 4 is 17.8 Å². The lowest BCUT2D eigenvalue weighted by atomic mass is 10.1. The maximum atomic E-state index is 11.1. The molecule has 1 heterocycles. The SMILES string of the molecule is O=c1ccc(/C=C/c2ccc(N(CCOCC(O)CO)CCOCC(O)CO)cc2)c[nH]1. The van der Waals surface area contributed by atoms with Crippen LogP contribution in [-0.2, 0) is 9.47 Å². The van der Waals surface area contributed by atoms with E-state index in [-0.39, 0.29) is 32.0 Å². The van der Waals surface area contributed by atoms with Gasteiger partial charge in [-0.15, -0.1) is 0 Å². The van der Waals surface area contributed by atoms with Crippen molar-refractivity contribution in [2.24, 2.45) is 0 Å². The lowest BCUT2D eigenvalue weighted by molar-refractivity contribution is 0.00475. The normalized spacial score (nSPS) is 13.4. The number of hydrogen-bond acceptors (Lipinski definition) is 8. The summed E-state index contributed by atoms with van der Waals surface area (Å²) in [5, 5.41) is 36.5. The Labute approximate surface area is 187 Å². The molecule has 176 valence electrons. The van der Waals surface area contributed by atoms with Gasteiger partial charge in [0.2, 0.25) is 5.56 Å². The number of aromatic amines is 1. The molecule has 2 atom stereocenters. The van der Waals surface area contributed by atoms with Gasteiger partial charge in [-0.1, -0.05) is 24.3 Å². The van der Waals surface area contributed by atoms with Crippen LogP contribution in [0.5, 0.6) is 0 Å². The molecule has 0 amide bonds. The number of aliphatic hydroxyl groups excluding tert-OH is 4. The molecule has 32 heavy (non-hydrogen) atoms. The third-order valence-corrected chi connectivity index (χ3v) is 4.59. The van der Waals surface area contributed by atoms with Crippen LogP contribution in [0.1, 0.15) is 11.1 Å². The van der Waals surface area contributed by atoms with E-state index >= 15 is 0 Å². The predicted octanol–water partition coefficient (Wildman–Crippen LogP) is 0.0913. The van der Waals surface area contributed by atoms with Crippen molar-refractivity contribution in [3.8, 4) is 0 Å². The maximum absolute atomic E-state index is 11.1. The van der Waals surface area contributed by atoms with E-state index < -0.39 is 12.2 Å². The fourth-order valence-electron chi connectivity index (χ4n) is 2.78. The van der Waals surface area contributed by atoms with Gasteiger partial charge in [0, 0.05) is 31.0 Å². The fourth-order valence-corrected chi connectivity index (χ4v) is 2.78. The number of aromatic nitrogens is 1. The lowest BCUT2D eigenvalue weighted by Gasteiger charge is -2.25. The van der Waals surface area contributed by atoms with E-state index in [2.05, 4.69) is 4.98 Å². The van der Waals surface area contributed by atoms with Crippen LogP contribution in [0.3, 0.4) is 0 Å². The van der Waals surface area contributed by atoms with Gasteiger partial charge in [-0.25, -0.2) is 0 Å². The second-order valence-corrected chi connectivity index (χ2v) is 7.22. The average Bonchev–Trinajstić information content (AvgIpc) is 2.82. The number of nitrogens with one attached hydrogen (secondary N) is 1. The minimum Gasteiger partial charge on any atom is -0.394 e. The van der Waals surface area contributed by atoms with Gasteiger partial charge in [-0.2, -0.15) is 0 Å². The minimum absolute atomic E-state index is 0.0536. The molecular formula is C23H32N2O7. The van der Waals surface area contributed by atoms with Crippen molar-refractivity contribution in [2.45, 2.75) is 12.2 Å². The zero-order valence-electron chi connectivity index (χ0n) is 18.0. The largest absolute Gasteiger partial charge is 0.394 e. The Bertz CT molecular complexity index is 816. The van der Waals surface area contributed by atoms with Crippen LogP contribution >= 0.6 is 0 Å². The van der Waals surface area contributed by atoms with E-state index in [1.54, 1.807) is 12.3 Å². The standard InChI is InChI=1S/C23H32N2O7/c26-14-21(28)16-31-11-9-25(10-12-32-17-22(29)15-27)20-6-3-18(4-7-20)1-2-19-5-8-23(30)24-13-19/h1-8,13,21-22,26-29H,9-12,14-17H2,(H,24,30)/b2-1+. The van der Waals surface area contributed by atoms with Crippen molar-refractivity contribution in [3.05, 3.63) is 64.1 Å². The highest BCUT2D eigenvalue weighted by molar-refractivity contribution is 5.70. The number of rotatable bonds is 15. The van der Waals surface area contributed by atoms with Gasteiger partial charge in [0.25, 0.3) is 0 Å². The molecule has 0 aliphatic rings. The van der Waals surface area contributed by atoms with Gasteiger partial charge in [-0.3, -0.25) is 4.79 Å². The fraction of sp³-hybridized carbons (Fsp3) is 0.435. The quantitative estimate of drug-likeness (QED) is 0.242. The molecule has 5 N–H and O–H groups in total. The first kappa shape index (κ1) is 25.7. The second kappa shape index (κ2) is 14.5. The van der Waals surface area contributed by atoms with Gasteiger partial charge in [-0.05, 0) is 29.3 Å². The Morgan fingerprint density at radius 1 is 0.844 bits per heavy atom. The van der Waals surface area contributed by atoms with Gasteiger partial charge in [0.1, 0.15) is 12.2 Å². The molecule has 1 aromatic carbocycles. The second-order valence-electron chi connectivity index (χ2n) is 7.22. The first-order valence-corrected chi connectivity index (χ1v) is 10.5. The summed E-state index contributed by atoms with van der Waals surface area (Å²) in [7, 11) is 0. The number of benzene rings is 1. The summed E-state index contributed by atoms with van der Waals surface area (Å²) in [6, 6.07) is 11.1. The van der Waals surface area contributed by atoms with Crippen molar-refractivity contribution in [2.75, 3.05) is 57.6 Å². The minimum atomic E-state index is -0.903. The molecule has 0 bridgehead atoms. The first-order chi connectivity index (χ1) is 15.5. The highest BCUT2D eigenvalue weighted by Gasteiger charge is 2.09. The van der Waals surface area contributed by atoms with E-state index in [9.17, 15) is 15.0 Å². The third kappa shape index (κ3) is 9.73. The molecule has 0 aliphatic heterocycles. The Balaban J connectivity index is 1.95. The van der Waals surface area contributed by atoms with Gasteiger partial charge >= 0.3 is 0 Å². The zero-order chi connectivity index (χ0) is 23.2. The summed E-state index contributed by atoms with van der Waals surface area (Å²) in [6.07, 6.45) is 3.70. The van der Waals surface area contributed by atoms with Crippen LogP contribution in [-0.4, -0.2) is 90.3 Å². The molecule has 0 saturated carbocycles. The Kier molecular flexibility index (Phi) is 11.7. The van der Waals surface area contributed by atoms with Gasteiger partial charge in [0.05, 0.1) is 39.6 Å². The molecule has 0 fully saturated rings. The summed E-state index contributed by atoms with van der Waals surface area (Å²) in [6.45, 7) is 1.19. The molecule has 0 saturated heterocycles. The predicted molar refractivity (Wildman–Crippen MR) is 122 cm³/mol. The van der Waals surface area contributed by atoms with Crippen LogP contribution in [0.4, 0.5) is 5.69 Å². The molecule has 0 radical (unpaired) electrons. The molecule has 2 rings (SSSR count). The van der Waals surface area contributed by atoms with E-state index in [1.807, 2.05) is 41.3 Å². The molecule has 0 aliphatic carbocycles. The van der Waals surface area contributed by atoms with Crippen LogP contribution in [0.2, 0.25) is 0 Å².